The van der Waals surface area contributed by atoms with E-state index in [1.54, 1.807) is 0 Å². The van der Waals surface area contributed by atoms with Crippen molar-refractivity contribution in [2.45, 2.75) is 0 Å². The summed E-state index contributed by atoms with van der Waals surface area (Å²) in [6, 6.07) is 49.8. The Bertz CT molecular complexity index is 2980. The quantitative estimate of drug-likeness (QED) is 0.206. The van der Waals surface area contributed by atoms with E-state index in [1.165, 1.54) is 27.1 Å². The summed E-state index contributed by atoms with van der Waals surface area (Å²) in [5.74, 6) is 0. The Morgan fingerprint density at radius 3 is 2.18 bits per heavy atom. The maximum atomic E-state index is 6.81. The van der Waals surface area contributed by atoms with Gasteiger partial charge in [-0.25, -0.2) is 4.98 Å². The molecule has 0 saturated carbocycles. The van der Waals surface area contributed by atoms with Gasteiger partial charge in [-0.3, -0.25) is 4.40 Å². The van der Waals surface area contributed by atoms with Gasteiger partial charge in [0.1, 0.15) is 16.8 Å². The minimum absolute atomic E-state index is 0.939. The first-order valence-electron chi connectivity index (χ1n) is 15.3. The van der Waals surface area contributed by atoms with Crippen LogP contribution in [0.25, 0.3) is 98.9 Å². The molecule has 0 aliphatic rings. The Balaban J connectivity index is 1.23. The summed E-state index contributed by atoms with van der Waals surface area (Å²) in [6.07, 6.45) is 0. The van der Waals surface area contributed by atoms with E-state index in [0.29, 0.717) is 0 Å². The van der Waals surface area contributed by atoms with Gasteiger partial charge in [0.05, 0.1) is 33.1 Å². The van der Waals surface area contributed by atoms with Gasteiger partial charge in [0.25, 0.3) is 0 Å². The van der Waals surface area contributed by atoms with Crippen molar-refractivity contribution in [1.82, 2.24) is 14.0 Å². The fourth-order valence-electron chi connectivity index (χ4n) is 7.73. The highest BCUT2D eigenvalue weighted by atomic mass is 16.3. The van der Waals surface area contributed by atoms with E-state index in [1.807, 2.05) is 0 Å². The SMILES string of the molecule is c1ccc(-c2nc3cccc4c5cc(-n6c7ccccc7c7c8oc9c%10ccccc%10ccc9c8ccc76)ccc5c2n34)cc1. The Morgan fingerprint density at radius 2 is 1.24 bits per heavy atom. The third-order valence-electron chi connectivity index (χ3n) is 9.65. The summed E-state index contributed by atoms with van der Waals surface area (Å²) >= 11 is 0. The van der Waals surface area contributed by atoms with Gasteiger partial charge in [-0.05, 0) is 53.9 Å². The number of furan rings is 1. The predicted octanol–water partition coefficient (Wildman–Crippen LogP) is 10.9. The van der Waals surface area contributed by atoms with Crippen LogP contribution >= 0.6 is 0 Å². The summed E-state index contributed by atoms with van der Waals surface area (Å²) < 4.78 is 11.5. The molecule has 0 bridgehead atoms. The van der Waals surface area contributed by atoms with Gasteiger partial charge in [0, 0.05) is 43.6 Å². The van der Waals surface area contributed by atoms with Crippen molar-refractivity contribution in [3.05, 3.63) is 140 Å². The van der Waals surface area contributed by atoms with Gasteiger partial charge in [0.15, 0.2) is 0 Å². The molecule has 0 atom stereocenters. The number of benzene rings is 6. The van der Waals surface area contributed by atoms with Crippen molar-refractivity contribution >= 4 is 82.0 Å². The minimum atomic E-state index is 0.939. The van der Waals surface area contributed by atoms with Crippen molar-refractivity contribution < 1.29 is 4.42 Å². The molecule has 6 aromatic carbocycles. The number of pyridine rings is 1. The van der Waals surface area contributed by atoms with Crippen molar-refractivity contribution in [2.75, 3.05) is 0 Å². The summed E-state index contributed by atoms with van der Waals surface area (Å²) in [7, 11) is 0. The largest absolute Gasteiger partial charge is 0.455 e. The highest BCUT2D eigenvalue weighted by molar-refractivity contribution is 6.26. The lowest BCUT2D eigenvalue weighted by molar-refractivity contribution is 0.676. The zero-order chi connectivity index (χ0) is 29.2. The summed E-state index contributed by atoms with van der Waals surface area (Å²) in [4.78, 5) is 5.06. The van der Waals surface area contributed by atoms with Crippen LogP contribution in [0.1, 0.15) is 0 Å². The van der Waals surface area contributed by atoms with Crippen LogP contribution < -0.4 is 0 Å². The fraction of sp³-hybridized carbons (Fsp3) is 0. The average molecular weight is 574 g/mol. The van der Waals surface area contributed by atoms with Crippen LogP contribution in [-0.2, 0) is 0 Å². The van der Waals surface area contributed by atoms with E-state index in [9.17, 15) is 0 Å². The lowest BCUT2D eigenvalue weighted by atomic mass is 10.0. The van der Waals surface area contributed by atoms with Crippen molar-refractivity contribution in [3.63, 3.8) is 0 Å². The molecule has 4 heteroatoms. The number of hydrogen-bond acceptors (Lipinski definition) is 2. The molecular formula is C41H23N3O. The van der Waals surface area contributed by atoms with Crippen LogP contribution in [0.3, 0.4) is 0 Å². The van der Waals surface area contributed by atoms with Gasteiger partial charge >= 0.3 is 0 Å². The van der Waals surface area contributed by atoms with E-state index < -0.39 is 0 Å². The van der Waals surface area contributed by atoms with Gasteiger partial charge in [-0.1, -0.05) is 91.0 Å². The molecule has 11 rings (SSSR count). The zero-order valence-corrected chi connectivity index (χ0v) is 24.0. The molecule has 0 N–H and O–H groups in total. The number of aromatic nitrogens is 3. The maximum absolute atomic E-state index is 6.81. The molecule has 0 fully saturated rings. The monoisotopic (exact) mass is 573 g/mol. The highest BCUT2D eigenvalue weighted by Gasteiger charge is 2.22. The first kappa shape index (κ1) is 23.3. The van der Waals surface area contributed by atoms with Crippen LogP contribution in [0.15, 0.2) is 144 Å². The molecule has 0 aliphatic heterocycles. The molecule has 45 heavy (non-hydrogen) atoms. The van der Waals surface area contributed by atoms with E-state index in [-0.39, 0.29) is 0 Å². The molecule has 0 amide bonds. The first-order valence-corrected chi connectivity index (χ1v) is 15.3. The summed E-state index contributed by atoms with van der Waals surface area (Å²) in [5, 5.41) is 9.38. The number of imidazole rings is 1. The smallest absolute Gasteiger partial charge is 0.145 e. The Morgan fingerprint density at radius 1 is 0.489 bits per heavy atom. The molecule has 208 valence electrons. The standard InChI is InChI=1S/C41H23N3O/c1-2-10-25(11-3-1)38-39-28-20-18-26(23-32(28)34-15-8-16-36(42-38)44(34)39)43-33-14-7-6-13-31(33)37-35(43)22-21-30-29-19-17-24-9-4-5-12-27(24)40(29)45-41(30)37/h1-23H. The Kier molecular flexibility index (Phi) is 4.29. The molecule has 5 aromatic heterocycles. The van der Waals surface area contributed by atoms with Crippen molar-refractivity contribution in [1.29, 1.82) is 0 Å². The third-order valence-corrected chi connectivity index (χ3v) is 9.65. The van der Waals surface area contributed by atoms with Crippen LogP contribution in [-0.4, -0.2) is 14.0 Å². The molecule has 0 saturated heterocycles. The molecular weight excluding hydrogens is 550 g/mol. The van der Waals surface area contributed by atoms with E-state index in [0.717, 1.165) is 71.9 Å². The molecule has 0 unspecified atom stereocenters. The molecule has 0 spiro atoms. The molecule has 5 heterocycles. The second kappa shape index (κ2) is 8.28. The molecule has 11 aromatic rings. The highest BCUT2D eigenvalue weighted by Crippen LogP contribution is 2.43. The summed E-state index contributed by atoms with van der Waals surface area (Å²) in [5.41, 5.74) is 10.7. The van der Waals surface area contributed by atoms with Crippen molar-refractivity contribution in [2.24, 2.45) is 0 Å². The lowest BCUT2D eigenvalue weighted by Gasteiger charge is -2.08. The van der Waals surface area contributed by atoms with Crippen LogP contribution in [0.2, 0.25) is 0 Å². The molecule has 0 radical (unpaired) electrons. The van der Waals surface area contributed by atoms with Crippen LogP contribution in [0, 0.1) is 0 Å². The van der Waals surface area contributed by atoms with Gasteiger partial charge < -0.3 is 8.98 Å². The fourth-order valence-corrected chi connectivity index (χ4v) is 7.73. The Labute approximate surface area is 256 Å². The lowest BCUT2D eigenvalue weighted by Crippen LogP contribution is -1.93. The van der Waals surface area contributed by atoms with Crippen molar-refractivity contribution in [3.8, 4) is 16.9 Å². The zero-order valence-electron chi connectivity index (χ0n) is 24.0. The first-order chi connectivity index (χ1) is 22.3. The number of hydrogen-bond donors (Lipinski definition) is 0. The third kappa shape index (κ3) is 2.93. The van der Waals surface area contributed by atoms with E-state index in [2.05, 4.69) is 148 Å². The molecule has 0 aliphatic carbocycles. The van der Waals surface area contributed by atoms with E-state index >= 15 is 0 Å². The average Bonchev–Trinajstić information content (AvgIpc) is 3.85. The van der Waals surface area contributed by atoms with Crippen LogP contribution in [0.5, 0.6) is 0 Å². The molecule has 4 nitrogen and oxygen atoms in total. The minimum Gasteiger partial charge on any atom is -0.455 e. The van der Waals surface area contributed by atoms with E-state index in [4.69, 9.17) is 9.40 Å². The number of rotatable bonds is 2. The summed E-state index contributed by atoms with van der Waals surface area (Å²) in [6.45, 7) is 0. The van der Waals surface area contributed by atoms with Crippen LogP contribution in [0.4, 0.5) is 0 Å². The van der Waals surface area contributed by atoms with Gasteiger partial charge in [-0.2, -0.15) is 0 Å². The maximum Gasteiger partial charge on any atom is 0.145 e. The number of para-hydroxylation sites is 1. The second-order valence-corrected chi connectivity index (χ2v) is 12.0. The number of fused-ring (bicyclic) bond motifs is 12. The number of nitrogens with zero attached hydrogens (tertiary/aromatic N) is 3. The van der Waals surface area contributed by atoms with Gasteiger partial charge in [0.2, 0.25) is 0 Å². The Hall–Kier alpha value is -6.13. The predicted molar refractivity (Wildman–Crippen MR) is 186 cm³/mol. The van der Waals surface area contributed by atoms with Gasteiger partial charge in [-0.15, -0.1) is 0 Å². The normalized spacial score (nSPS) is 12.4. The topological polar surface area (TPSA) is 35.4 Å². The second-order valence-electron chi connectivity index (χ2n) is 12.0.